The zero-order valence-electron chi connectivity index (χ0n) is 8.41. The molecule has 0 aromatic heterocycles. The van der Waals surface area contributed by atoms with E-state index < -0.39 is 0 Å². The second-order valence-electron chi connectivity index (χ2n) is 5.82. The van der Waals surface area contributed by atoms with Crippen LogP contribution in [0.1, 0.15) is 51.4 Å². The van der Waals surface area contributed by atoms with Gasteiger partial charge in [0, 0.05) is 51.4 Å². The van der Waals surface area contributed by atoms with Crippen LogP contribution >= 0.6 is 0 Å². The van der Waals surface area contributed by atoms with Crippen LogP contribution in [0.5, 0.6) is 0 Å². The highest BCUT2D eigenvalue weighted by Crippen LogP contribution is 2.58. The summed E-state index contributed by atoms with van der Waals surface area (Å²) in [6, 6.07) is 4.58. The van der Waals surface area contributed by atoms with E-state index >= 15 is 0 Å². The van der Waals surface area contributed by atoms with Crippen LogP contribution in [0.4, 0.5) is 0 Å². The average Bonchev–Trinajstić information content (AvgIpc) is 3.00. The van der Waals surface area contributed by atoms with Crippen LogP contribution in [-0.2, 0) is 0 Å². The van der Waals surface area contributed by atoms with Gasteiger partial charge in [-0.15, -0.1) is 0 Å². The van der Waals surface area contributed by atoms with Gasteiger partial charge in [0.15, 0.2) is 0 Å². The van der Waals surface area contributed by atoms with Crippen molar-refractivity contribution in [1.29, 1.82) is 0 Å². The zero-order valence-corrected chi connectivity index (χ0v) is 8.41. The SMILES string of the molecule is C1CC1[N+](C1CC1)(C1CC1)C1CC1. The Labute approximate surface area is 80.7 Å². The molecule has 4 aliphatic carbocycles. The normalized spacial score (nSPS) is 35.1. The standard InChI is InChI=1S/C12H20N/c1-2-9(1)13(10-3-4-10,11-5-6-11)12-7-8-12/h9-12H,1-8H2/q+1. The minimum Gasteiger partial charge on any atom is -0.314 e. The molecule has 4 aliphatic rings. The molecule has 0 aromatic carbocycles. The van der Waals surface area contributed by atoms with Gasteiger partial charge in [-0.1, -0.05) is 0 Å². The molecular weight excluding hydrogens is 158 g/mol. The Balaban J connectivity index is 1.71. The minimum absolute atomic E-state index is 1.15. The largest absolute Gasteiger partial charge is 0.314 e. The molecule has 4 fully saturated rings. The van der Waals surface area contributed by atoms with Crippen LogP contribution < -0.4 is 0 Å². The number of nitrogens with zero attached hydrogens (tertiary/aromatic N) is 1. The van der Waals surface area contributed by atoms with E-state index in [9.17, 15) is 0 Å². The predicted molar refractivity (Wildman–Crippen MR) is 52.3 cm³/mol. The first kappa shape index (κ1) is 7.28. The van der Waals surface area contributed by atoms with Gasteiger partial charge in [-0.05, 0) is 0 Å². The molecule has 0 amide bonds. The maximum absolute atomic E-state index is 1.67. The Morgan fingerprint density at radius 2 is 0.692 bits per heavy atom. The van der Waals surface area contributed by atoms with Crippen molar-refractivity contribution in [3.8, 4) is 0 Å². The Morgan fingerprint density at radius 1 is 0.462 bits per heavy atom. The molecule has 0 radical (unpaired) electrons. The quantitative estimate of drug-likeness (QED) is 0.580. The molecule has 4 rings (SSSR count). The van der Waals surface area contributed by atoms with Crippen LogP contribution in [0, 0.1) is 0 Å². The van der Waals surface area contributed by atoms with Gasteiger partial charge in [-0.3, -0.25) is 0 Å². The first-order chi connectivity index (χ1) is 6.42. The zero-order chi connectivity index (χ0) is 8.47. The van der Waals surface area contributed by atoms with E-state index in [0.29, 0.717) is 0 Å². The predicted octanol–water partition coefficient (Wildman–Crippen LogP) is 2.45. The van der Waals surface area contributed by atoms with Crippen molar-refractivity contribution in [3.63, 3.8) is 0 Å². The summed E-state index contributed by atoms with van der Waals surface area (Å²) in [5.41, 5.74) is 0. The van der Waals surface area contributed by atoms with Gasteiger partial charge in [-0.2, -0.15) is 0 Å². The number of hydrogen-bond acceptors (Lipinski definition) is 0. The molecule has 0 heterocycles. The molecule has 0 unspecified atom stereocenters. The molecule has 0 aromatic rings. The van der Waals surface area contributed by atoms with Crippen molar-refractivity contribution in [2.45, 2.75) is 75.5 Å². The highest BCUT2D eigenvalue weighted by atomic mass is 15.5. The molecule has 4 saturated carbocycles. The lowest BCUT2D eigenvalue weighted by atomic mass is 10.2. The molecule has 0 saturated heterocycles. The Bertz CT molecular complexity index is 178. The van der Waals surface area contributed by atoms with Crippen LogP contribution in [0.2, 0.25) is 0 Å². The van der Waals surface area contributed by atoms with Crippen molar-refractivity contribution in [2.75, 3.05) is 0 Å². The maximum Gasteiger partial charge on any atom is 0.0901 e. The van der Waals surface area contributed by atoms with E-state index in [1.54, 1.807) is 55.8 Å². The molecule has 0 aliphatic heterocycles. The third-order valence-corrected chi connectivity index (χ3v) is 4.72. The first-order valence-electron chi connectivity index (χ1n) is 6.30. The Hall–Kier alpha value is -0.0400. The van der Waals surface area contributed by atoms with Crippen LogP contribution in [0.15, 0.2) is 0 Å². The summed E-state index contributed by atoms with van der Waals surface area (Å²) in [7, 11) is 0. The highest BCUT2D eigenvalue weighted by Gasteiger charge is 2.66. The van der Waals surface area contributed by atoms with Crippen molar-refractivity contribution < 1.29 is 4.48 Å². The van der Waals surface area contributed by atoms with Gasteiger partial charge in [0.1, 0.15) is 0 Å². The smallest absolute Gasteiger partial charge is 0.0901 e. The van der Waals surface area contributed by atoms with Gasteiger partial charge in [0.25, 0.3) is 0 Å². The van der Waals surface area contributed by atoms with Gasteiger partial charge >= 0.3 is 0 Å². The van der Waals surface area contributed by atoms with Gasteiger partial charge in [-0.25, -0.2) is 0 Å². The molecular formula is C12H20N+. The van der Waals surface area contributed by atoms with Crippen molar-refractivity contribution in [1.82, 2.24) is 0 Å². The highest BCUT2D eigenvalue weighted by molar-refractivity contribution is 4.97. The van der Waals surface area contributed by atoms with E-state index in [-0.39, 0.29) is 0 Å². The van der Waals surface area contributed by atoms with Gasteiger partial charge < -0.3 is 4.48 Å². The fourth-order valence-corrected chi connectivity index (χ4v) is 3.88. The average molecular weight is 178 g/mol. The summed E-state index contributed by atoms with van der Waals surface area (Å²) in [4.78, 5) is 0. The summed E-state index contributed by atoms with van der Waals surface area (Å²) in [5, 5.41) is 0. The minimum atomic E-state index is 1.15. The fourth-order valence-electron chi connectivity index (χ4n) is 3.88. The summed E-state index contributed by atoms with van der Waals surface area (Å²) in [6.45, 7) is 0. The van der Waals surface area contributed by atoms with Crippen molar-refractivity contribution >= 4 is 0 Å². The second kappa shape index (κ2) is 2.13. The summed E-state index contributed by atoms with van der Waals surface area (Å²) in [6.07, 6.45) is 12.6. The van der Waals surface area contributed by atoms with E-state index in [4.69, 9.17) is 0 Å². The lowest BCUT2D eigenvalue weighted by Crippen LogP contribution is -2.55. The fraction of sp³-hybridized carbons (Fsp3) is 1.00. The molecule has 1 nitrogen and oxygen atoms in total. The van der Waals surface area contributed by atoms with Gasteiger partial charge in [0.05, 0.1) is 24.2 Å². The number of rotatable bonds is 4. The van der Waals surface area contributed by atoms with E-state index in [1.165, 1.54) is 0 Å². The topological polar surface area (TPSA) is 0 Å². The summed E-state index contributed by atoms with van der Waals surface area (Å²) in [5.74, 6) is 0. The molecule has 0 N–H and O–H groups in total. The Kier molecular flexibility index (Phi) is 1.19. The van der Waals surface area contributed by atoms with E-state index in [1.807, 2.05) is 0 Å². The van der Waals surface area contributed by atoms with Crippen LogP contribution in [-0.4, -0.2) is 28.7 Å². The molecule has 13 heavy (non-hydrogen) atoms. The maximum atomic E-state index is 1.67. The third kappa shape index (κ3) is 0.918. The number of hydrogen-bond donors (Lipinski definition) is 0. The number of quaternary nitrogens is 1. The lowest BCUT2D eigenvalue weighted by Gasteiger charge is -2.41. The first-order valence-corrected chi connectivity index (χ1v) is 6.30. The monoisotopic (exact) mass is 178 g/mol. The molecule has 0 spiro atoms. The third-order valence-electron chi connectivity index (χ3n) is 4.72. The van der Waals surface area contributed by atoms with Crippen LogP contribution in [0.3, 0.4) is 0 Å². The summed E-state index contributed by atoms with van der Waals surface area (Å²) >= 11 is 0. The summed E-state index contributed by atoms with van der Waals surface area (Å²) < 4.78 is 1.67. The van der Waals surface area contributed by atoms with E-state index in [0.717, 1.165) is 24.2 Å². The molecule has 0 atom stereocenters. The molecule has 72 valence electrons. The van der Waals surface area contributed by atoms with Crippen molar-refractivity contribution in [2.24, 2.45) is 0 Å². The van der Waals surface area contributed by atoms with Gasteiger partial charge in [0.2, 0.25) is 0 Å². The van der Waals surface area contributed by atoms with Crippen molar-refractivity contribution in [3.05, 3.63) is 0 Å². The molecule has 0 bridgehead atoms. The molecule has 1 heteroatoms. The van der Waals surface area contributed by atoms with E-state index in [2.05, 4.69) is 0 Å². The Morgan fingerprint density at radius 3 is 0.846 bits per heavy atom. The van der Waals surface area contributed by atoms with Crippen LogP contribution in [0.25, 0.3) is 0 Å². The second-order valence-corrected chi connectivity index (χ2v) is 5.82. The lowest BCUT2D eigenvalue weighted by molar-refractivity contribution is -0.968.